The van der Waals surface area contributed by atoms with Crippen molar-refractivity contribution >= 4 is 5.69 Å². The molecule has 0 spiro atoms. The van der Waals surface area contributed by atoms with Gasteiger partial charge in [0.05, 0.1) is 12.0 Å². The van der Waals surface area contributed by atoms with Gasteiger partial charge in [-0.25, -0.2) is 0 Å². The SMILES string of the molecule is COc1ccc(CNCC2CC3CCC2C3)cc1[N+](=O)[O-]. The molecule has 1 aromatic carbocycles. The van der Waals surface area contributed by atoms with Crippen LogP contribution in [0.4, 0.5) is 5.69 Å². The van der Waals surface area contributed by atoms with Crippen molar-refractivity contribution in [2.24, 2.45) is 17.8 Å². The Morgan fingerprint density at radius 3 is 2.86 bits per heavy atom. The number of hydrogen-bond donors (Lipinski definition) is 1. The molecule has 3 rings (SSSR count). The Morgan fingerprint density at radius 1 is 1.38 bits per heavy atom. The standard InChI is InChI=1S/C16H22N2O3/c1-21-16-5-3-12(8-15(16)18(19)20)9-17-10-14-7-11-2-4-13(14)6-11/h3,5,8,11,13-14,17H,2,4,6-7,9-10H2,1H3. The molecule has 0 aromatic heterocycles. The third kappa shape index (κ3) is 3.02. The van der Waals surface area contributed by atoms with Crippen molar-refractivity contribution in [3.63, 3.8) is 0 Å². The number of nitro benzene ring substituents is 1. The van der Waals surface area contributed by atoms with Crippen LogP contribution in [-0.4, -0.2) is 18.6 Å². The first-order valence-corrected chi connectivity index (χ1v) is 7.69. The minimum Gasteiger partial charge on any atom is -0.490 e. The van der Waals surface area contributed by atoms with E-state index < -0.39 is 4.92 Å². The summed E-state index contributed by atoms with van der Waals surface area (Å²) in [6, 6.07) is 5.17. The molecule has 114 valence electrons. The number of nitrogens with one attached hydrogen (secondary N) is 1. The number of nitrogens with zero attached hydrogens (tertiary/aromatic N) is 1. The third-order valence-electron chi connectivity index (χ3n) is 5.06. The van der Waals surface area contributed by atoms with Gasteiger partial charge in [-0.05, 0) is 55.2 Å². The molecule has 21 heavy (non-hydrogen) atoms. The molecule has 5 heteroatoms. The Kier molecular flexibility index (Phi) is 4.10. The lowest BCUT2D eigenvalue weighted by Crippen LogP contribution is -2.26. The second-order valence-electron chi connectivity index (χ2n) is 6.33. The zero-order valence-corrected chi connectivity index (χ0v) is 12.4. The quantitative estimate of drug-likeness (QED) is 0.646. The summed E-state index contributed by atoms with van der Waals surface area (Å²) in [4.78, 5) is 10.6. The van der Waals surface area contributed by atoms with E-state index in [9.17, 15) is 10.1 Å². The lowest BCUT2D eigenvalue weighted by Gasteiger charge is -2.21. The Bertz CT molecular complexity index is 532. The van der Waals surface area contributed by atoms with Gasteiger partial charge in [-0.3, -0.25) is 10.1 Å². The summed E-state index contributed by atoms with van der Waals surface area (Å²) < 4.78 is 5.02. The van der Waals surface area contributed by atoms with Crippen LogP contribution in [0.2, 0.25) is 0 Å². The van der Waals surface area contributed by atoms with Crippen LogP contribution in [0, 0.1) is 27.9 Å². The van der Waals surface area contributed by atoms with Gasteiger partial charge in [-0.1, -0.05) is 12.5 Å². The molecular formula is C16H22N2O3. The highest BCUT2D eigenvalue weighted by Gasteiger charge is 2.38. The molecule has 0 saturated heterocycles. The van der Waals surface area contributed by atoms with Gasteiger partial charge in [0.2, 0.25) is 0 Å². The van der Waals surface area contributed by atoms with Gasteiger partial charge < -0.3 is 10.1 Å². The monoisotopic (exact) mass is 290 g/mol. The van der Waals surface area contributed by atoms with Crippen LogP contribution >= 0.6 is 0 Å². The molecule has 2 saturated carbocycles. The van der Waals surface area contributed by atoms with E-state index in [1.54, 1.807) is 12.1 Å². The topological polar surface area (TPSA) is 64.4 Å². The Morgan fingerprint density at radius 2 is 2.24 bits per heavy atom. The minimum absolute atomic E-state index is 0.0386. The summed E-state index contributed by atoms with van der Waals surface area (Å²) in [5.41, 5.74) is 0.974. The van der Waals surface area contributed by atoms with Crippen molar-refractivity contribution in [1.82, 2.24) is 5.32 Å². The van der Waals surface area contributed by atoms with Crippen molar-refractivity contribution < 1.29 is 9.66 Å². The van der Waals surface area contributed by atoms with Crippen LogP contribution in [0.15, 0.2) is 18.2 Å². The van der Waals surface area contributed by atoms with Crippen LogP contribution < -0.4 is 10.1 Å². The van der Waals surface area contributed by atoms with Crippen molar-refractivity contribution in [2.75, 3.05) is 13.7 Å². The van der Waals surface area contributed by atoms with E-state index in [2.05, 4.69) is 5.32 Å². The van der Waals surface area contributed by atoms with Gasteiger partial charge in [-0.2, -0.15) is 0 Å². The van der Waals surface area contributed by atoms with Gasteiger partial charge in [0, 0.05) is 12.6 Å². The summed E-state index contributed by atoms with van der Waals surface area (Å²) in [6.45, 7) is 1.71. The Labute approximate surface area is 124 Å². The fraction of sp³-hybridized carbons (Fsp3) is 0.625. The molecule has 0 heterocycles. The normalized spacial score (nSPS) is 27.0. The molecule has 2 fully saturated rings. The smallest absolute Gasteiger partial charge is 0.311 e. The zero-order chi connectivity index (χ0) is 14.8. The van der Waals surface area contributed by atoms with E-state index in [0.29, 0.717) is 12.3 Å². The minimum atomic E-state index is -0.391. The highest BCUT2D eigenvalue weighted by atomic mass is 16.6. The number of methoxy groups -OCH3 is 1. The Balaban J connectivity index is 1.55. The van der Waals surface area contributed by atoms with Crippen LogP contribution in [0.25, 0.3) is 0 Å². The average molecular weight is 290 g/mol. The molecule has 3 atom stereocenters. The van der Waals surface area contributed by atoms with Gasteiger partial charge >= 0.3 is 5.69 Å². The number of rotatable bonds is 6. The van der Waals surface area contributed by atoms with Gasteiger partial charge in [-0.15, -0.1) is 0 Å². The predicted molar refractivity (Wildman–Crippen MR) is 80.3 cm³/mol. The molecular weight excluding hydrogens is 268 g/mol. The molecule has 0 aliphatic heterocycles. The second-order valence-corrected chi connectivity index (χ2v) is 6.33. The lowest BCUT2D eigenvalue weighted by atomic mass is 9.89. The van der Waals surface area contributed by atoms with Gasteiger partial charge in [0.15, 0.2) is 5.75 Å². The second kappa shape index (κ2) is 6.02. The summed E-state index contributed by atoms with van der Waals surface area (Å²) in [5, 5.41) is 14.5. The maximum atomic E-state index is 11.0. The molecule has 0 amide bonds. The largest absolute Gasteiger partial charge is 0.490 e. The number of nitro groups is 1. The van der Waals surface area contributed by atoms with E-state index in [-0.39, 0.29) is 5.69 Å². The molecule has 2 bridgehead atoms. The zero-order valence-electron chi connectivity index (χ0n) is 12.4. The first-order chi connectivity index (χ1) is 10.2. The molecule has 3 unspecified atom stereocenters. The highest BCUT2D eigenvalue weighted by molar-refractivity contribution is 5.48. The molecule has 1 aromatic rings. The molecule has 2 aliphatic rings. The van der Waals surface area contributed by atoms with E-state index in [4.69, 9.17) is 4.74 Å². The van der Waals surface area contributed by atoms with Crippen LogP contribution in [0.5, 0.6) is 5.75 Å². The van der Waals surface area contributed by atoms with E-state index >= 15 is 0 Å². The molecule has 2 aliphatic carbocycles. The van der Waals surface area contributed by atoms with Crippen molar-refractivity contribution in [3.05, 3.63) is 33.9 Å². The Hall–Kier alpha value is -1.62. The first-order valence-electron chi connectivity index (χ1n) is 7.69. The summed E-state index contributed by atoms with van der Waals surface area (Å²) in [6.07, 6.45) is 5.59. The molecule has 5 nitrogen and oxygen atoms in total. The molecule has 0 radical (unpaired) electrons. The van der Waals surface area contributed by atoms with E-state index in [0.717, 1.165) is 29.9 Å². The maximum absolute atomic E-state index is 11.0. The van der Waals surface area contributed by atoms with Gasteiger partial charge in [0.1, 0.15) is 0 Å². The van der Waals surface area contributed by atoms with Crippen LogP contribution in [0.3, 0.4) is 0 Å². The average Bonchev–Trinajstić information content (AvgIpc) is 3.09. The number of hydrogen-bond acceptors (Lipinski definition) is 4. The summed E-state index contributed by atoms with van der Waals surface area (Å²) >= 11 is 0. The fourth-order valence-electron chi connectivity index (χ4n) is 4.02. The van der Waals surface area contributed by atoms with Crippen LogP contribution in [-0.2, 0) is 6.54 Å². The predicted octanol–water partition coefficient (Wildman–Crippen LogP) is 3.13. The third-order valence-corrected chi connectivity index (χ3v) is 5.06. The fourth-order valence-corrected chi connectivity index (χ4v) is 4.02. The lowest BCUT2D eigenvalue weighted by molar-refractivity contribution is -0.385. The van der Waals surface area contributed by atoms with Crippen molar-refractivity contribution in [2.45, 2.75) is 32.2 Å². The van der Waals surface area contributed by atoms with E-state index in [1.165, 1.54) is 32.8 Å². The van der Waals surface area contributed by atoms with Gasteiger partial charge in [0.25, 0.3) is 0 Å². The highest BCUT2D eigenvalue weighted by Crippen LogP contribution is 2.47. The summed E-state index contributed by atoms with van der Waals surface area (Å²) in [5.74, 6) is 2.99. The van der Waals surface area contributed by atoms with Crippen molar-refractivity contribution in [3.8, 4) is 5.75 Å². The number of fused-ring (bicyclic) bond motifs is 2. The van der Waals surface area contributed by atoms with Crippen LogP contribution in [0.1, 0.15) is 31.2 Å². The summed E-state index contributed by atoms with van der Waals surface area (Å²) in [7, 11) is 1.45. The first kappa shape index (κ1) is 14.3. The molecule has 1 N–H and O–H groups in total. The number of ether oxygens (including phenoxy) is 1. The maximum Gasteiger partial charge on any atom is 0.311 e. The number of benzene rings is 1. The van der Waals surface area contributed by atoms with Crippen molar-refractivity contribution in [1.29, 1.82) is 0 Å². The van der Waals surface area contributed by atoms with E-state index in [1.807, 2.05) is 6.07 Å².